The summed E-state index contributed by atoms with van der Waals surface area (Å²) in [6, 6.07) is 4.22. The van der Waals surface area contributed by atoms with E-state index in [1.54, 1.807) is 11.2 Å². The molecule has 2 rings (SSSR count). The summed E-state index contributed by atoms with van der Waals surface area (Å²) < 4.78 is 10.5. The number of rotatable bonds is 12. The number of furan rings is 1. The molecule has 0 aromatic carbocycles. The summed E-state index contributed by atoms with van der Waals surface area (Å²) in [6.45, 7) is 5.29. The van der Waals surface area contributed by atoms with E-state index in [1.807, 2.05) is 30.8 Å². The molecule has 0 radical (unpaired) electrons. The van der Waals surface area contributed by atoms with E-state index in [4.69, 9.17) is 14.1 Å². The molecule has 0 aliphatic carbocycles. The molecule has 2 N–H and O–H groups in total. The SMILES string of the molecule is CCOC(=O)N1CCC(NC(=NCCCCCCSC)NCCc2ccco2)CC1.I. The second kappa shape index (κ2) is 17.5. The van der Waals surface area contributed by atoms with Gasteiger partial charge < -0.3 is 24.7 Å². The van der Waals surface area contributed by atoms with Crippen LogP contribution in [0.1, 0.15) is 51.2 Å². The number of carbonyl (C=O) groups is 1. The molecule has 178 valence electrons. The van der Waals surface area contributed by atoms with E-state index in [1.165, 1.54) is 25.0 Å². The first-order chi connectivity index (χ1) is 14.7. The summed E-state index contributed by atoms with van der Waals surface area (Å²) in [4.78, 5) is 18.5. The van der Waals surface area contributed by atoms with Crippen molar-refractivity contribution in [3.05, 3.63) is 24.2 Å². The van der Waals surface area contributed by atoms with Gasteiger partial charge in [0.05, 0.1) is 12.9 Å². The highest BCUT2D eigenvalue weighted by Gasteiger charge is 2.24. The summed E-state index contributed by atoms with van der Waals surface area (Å²) in [7, 11) is 0. The maximum atomic E-state index is 11.9. The van der Waals surface area contributed by atoms with Crippen LogP contribution in [-0.2, 0) is 11.2 Å². The van der Waals surface area contributed by atoms with Crippen molar-refractivity contribution < 1.29 is 13.9 Å². The molecule has 0 bridgehead atoms. The molecule has 0 unspecified atom stereocenters. The molecule has 1 aliphatic heterocycles. The van der Waals surface area contributed by atoms with E-state index in [0.29, 0.717) is 25.7 Å². The number of guanidine groups is 1. The van der Waals surface area contributed by atoms with Crippen molar-refractivity contribution in [1.82, 2.24) is 15.5 Å². The van der Waals surface area contributed by atoms with Gasteiger partial charge in [0.1, 0.15) is 5.76 Å². The smallest absolute Gasteiger partial charge is 0.409 e. The summed E-state index contributed by atoms with van der Waals surface area (Å²) >= 11 is 1.91. The summed E-state index contributed by atoms with van der Waals surface area (Å²) in [6.07, 6.45) is 11.2. The standard InChI is InChI=1S/C22H38N4O3S.HI/c1-3-28-22(27)26-15-11-19(12-16-26)25-21(23-13-6-4-5-7-18-30-2)24-14-10-20-9-8-17-29-20;/h8-9,17,19H,3-7,10-16,18H2,1-2H3,(H2,23,24,25);1H. The van der Waals surface area contributed by atoms with Gasteiger partial charge in [0.2, 0.25) is 0 Å². The second-order valence-electron chi connectivity index (χ2n) is 7.50. The first-order valence-corrected chi connectivity index (χ1v) is 12.6. The number of carbonyl (C=O) groups excluding carboxylic acids is 1. The predicted molar refractivity (Wildman–Crippen MR) is 140 cm³/mol. The zero-order valence-corrected chi connectivity index (χ0v) is 22.1. The largest absolute Gasteiger partial charge is 0.469 e. The Bertz CT molecular complexity index is 608. The van der Waals surface area contributed by atoms with E-state index < -0.39 is 0 Å². The molecular formula is C22H39IN4O3S. The number of piperidine rings is 1. The van der Waals surface area contributed by atoms with Crippen LogP contribution in [0, 0.1) is 0 Å². The van der Waals surface area contributed by atoms with Crippen molar-refractivity contribution in [3.8, 4) is 0 Å². The quantitative estimate of drug-likeness (QED) is 0.168. The fourth-order valence-electron chi connectivity index (χ4n) is 3.43. The molecule has 1 aromatic rings. The van der Waals surface area contributed by atoms with Crippen molar-refractivity contribution in [2.24, 2.45) is 4.99 Å². The Morgan fingerprint density at radius 2 is 2.06 bits per heavy atom. The number of likely N-dealkylation sites (tertiary alicyclic amines) is 1. The van der Waals surface area contributed by atoms with Gasteiger partial charge in [-0.1, -0.05) is 12.8 Å². The Morgan fingerprint density at radius 1 is 1.29 bits per heavy atom. The predicted octanol–water partition coefficient (Wildman–Crippen LogP) is 4.52. The number of nitrogens with zero attached hydrogens (tertiary/aromatic N) is 2. The zero-order chi connectivity index (χ0) is 21.4. The molecule has 0 saturated carbocycles. The Kier molecular flexibility index (Phi) is 15.7. The number of nitrogens with one attached hydrogen (secondary N) is 2. The molecule has 7 nitrogen and oxygen atoms in total. The molecule has 31 heavy (non-hydrogen) atoms. The molecule has 1 saturated heterocycles. The van der Waals surface area contributed by atoms with E-state index in [0.717, 1.165) is 50.5 Å². The topological polar surface area (TPSA) is 79.1 Å². The fourth-order valence-corrected chi connectivity index (χ4v) is 3.92. The zero-order valence-electron chi connectivity index (χ0n) is 18.9. The molecular weight excluding hydrogens is 527 g/mol. The highest BCUT2D eigenvalue weighted by molar-refractivity contribution is 14.0. The van der Waals surface area contributed by atoms with Gasteiger partial charge in [0.15, 0.2) is 5.96 Å². The van der Waals surface area contributed by atoms with Crippen molar-refractivity contribution in [3.63, 3.8) is 0 Å². The molecule has 0 spiro atoms. The van der Waals surface area contributed by atoms with Crippen molar-refractivity contribution in [1.29, 1.82) is 0 Å². The normalized spacial score (nSPS) is 14.8. The number of aliphatic imine (C=N–C) groups is 1. The lowest BCUT2D eigenvalue weighted by Crippen LogP contribution is -2.50. The number of unbranched alkanes of at least 4 members (excludes halogenated alkanes) is 3. The molecule has 1 fully saturated rings. The van der Waals surface area contributed by atoms with Crippen LogP contribution >= 0.6 is 35.7 Å². The van der Waals surface area contributed by atoms with Crippen LogP contribution in [0.15, 0.2) is 27.8 Å². The van der Waals surface area contributed by atoms with Crippen molar-refractivity contribution in [2.45, 2.75) is 57.9 Å². The Balaban J connectivity index is 0.00000480. The highest BCUT2D eigenvalue weighted by atomic mass is 127. The maximum Gasteiger partial charge on any atom is 0.409 e. The number of thioether (sulfide) groups is 1. The van der Waals surface area contributed by atoms with E-state index in [-0.39, 0.29) is 30.1 Å². The average Bonchev–Trinajstić information content (AvgIpc) is 3.27. The van der Waals surface area contributed by atoms with Crippen LogP contribution in [0.2, 0.25) is 0 Å². The number of hydrogen-bond donors (Lipinski definition) is 2. The van der Waals surface area contributed by atoms with Gasteiger partial charge >= 0.3 is 6.09 Å². The van der Waals surface area contributed by atoms with Crippen LogP contribution in [0.3, 0.4) is 0 Å². The third kappa shape index (κ3) is 11.9. The van der Waals surface area contributed by atoms with Gasteiger partial charge in [-0.05, 0) is 56.7 Å². The van der Waals surface area contributed by atoms with E-state index >= 15 is 0 Å². The van der Waals surface area contributed by atoms with Crippen molar-refractivity contribution >= 4 is 47.8 Å². The third-order valence-corrected chi connectivity index (χ3v) is 5.83. The minimum atomic E-state index is -0.206. The third-order valence-electron chi connectivity index (χ3n) is 5.13. The Morgan fingerprint density at radius 3 is 2.74 bits per heavy atom. The maximum absolute atomic E-state index is 11.9. The minimum absolute atomic E-state index is 0. The number of halogens is 1. The summed E-state index contributed by atoms with van der Waals surface area (Å²) in [5.41, 5.74) is 0. The van der Waals surface area contributed by atoms with E-state index in [9.17, 15) is 4.79 Å². The molecule has 9 heteroatoms. The fraction of sp³-hybridized carbons (Fsp3) is 0.727. The van der Waals surface area contributed by atoms with Gasteiger partial charge in [-0.3, -0.25) is 4.99 Å². The summed E-state index contributed by atoms with van der Waals surface area (Å²) in [5.74, 6) is 3.08. The lowest BCUT2D eigenvalue weighted by atomic mass is 10.1. The van der Waals surface area contributed by atoms with Crippen LogP contribution < -0.4 is 10.6 Å². The van der Waals surface area contributed by atoms with Gasteiger partial charge in [-0.25, -0.2) is 4.79 Å². The van der Waals surface area contributed by atoms with Gasteiger partial charge in [-0.2, -0.15) is 11.8 Å². The lowest BCUT2D eigenvalue weighted by molar-refractivity contribution is 0.0963. The Hall–Kier alpha value is -1.10. The van der Waals surface area contributed by atoms with Gasteiger partial charge in [0, 0.05) is 38.6 Å². The summed E-state index contributed by atoms with van der Waals surface area (Å²) in [5, 5.41) is 7.01. The number of hydrogen-bond acceptors (Lipinski definition) is 5. The first kappa shape index (κ1) is 27.9. The molecule has 1 amide bonds. The van der Waals surface area contributed by atoms with Crippen LogP contribution in [-0.4, -0.2) is 67.8 Å². The average molecular weight is 567 g/mol. The van der Waals surface area contributed by atoms with E-state index in [2.05, 4.69) is 16.9 Å². The first-order valence-electron chi connectivity index (χ1n) is 11.2. The van der Waals surface area contributed by atoms with Crippen LogP contribution in [0.5, 0.6) is 0 Å². The molecule has 1 aromatic heterocycles. The molecule has 0 atom stereocenters. The molecule has 1 aliphatic rings. The minimum Gasteiger partial charge on any atom is -0.469 e. The molecule has 2 heterocycles. The van der Waals surface area contributed by atoms with Crippen LogP contribution in [0.4, 0.5) is 4.79 Å². The number of ether oxygens (including phenoxy) is 1. The van der Waals surface area contributed by atoms with Crippen molar-refractivity contribution in [2.75, 3.05) is 44.8 Å². The Labute approximate surface area is 208 Å². The monoisotopic (exact) mass is 566 g/mol. The number of amides is 1. The second-order valence-corrected chi connectivity index (χ2v) is 8.48. The van der Waals surface area contributed by atoms with Crippen LogP contribution in [0.25, 0.3) is 0 Å². The van der Waals surface area contributed by atoms with Gasteiger partial charge in [-0.15, -0.1) is 24.0 Å². The highest BCUT2D eigenvalue weighted by Crippen LogP contribution is 2.12. The van der Waals surface area contributed by atoms with Gasteiger partial charge in [0.25, 0.3) is 0 Å². The lowest BCUT2D eigenvalue weighted by Gasteiger charge is -2.32.